The fraction of sp³-hybridized carbons (Fsp3) is 0.375. The zero-order valence-electron chi connectivity index (χ0n) is 11.5. The van der Waals surface area contributed by atoms with Gasteiger partial charge in [-0.3, -0.25) is 0 Å². The highest BCUT2D eigenvalue weighted by Gasteiger charge is 2.21. The summed E-state index contributed by atoms with van der Waals surface area (Å²) in [6, 6.07) is 10.7. The second-order valence-corrected chi connectivity index (χ2v) is 5.23. The van der Waals surface area contributed by atoms with Gasteiger partial charge in [0.2, 0.25) is 5.95 Å². The topological polar surface area (TPSA) is 63.8 Å². The Hall–Kier alpha value is -1.94. The first-order valence-corrected chi connectivity index (χ1v) is 7.20. The van der Waals surface area contributed by atoms with Crippen molar-refractivity contribution in [3.8, 4) is 0 Å². The normalized spacial score (nSPS) is 17.6. The Morgan fingerprint density at radius 1 is 1.25 bits per heavy atom. The molecule has 1 heterocycles. The molecule has 0 aliphatic heterocycles. The molecule has 0 bridgehead atoms. The minimum absolute atomic E-state index is 0.593. The zero-order valence-corrected chi connectivity index (χ0v) is 11.5. The lowest BCUT2D eigenvalue weighted by atomic mass is 9.83. The van der Waals surface area contributed by atoms with Crippen LogP contribution in [0.2, 0.25) is 0 Å². The molecule has 1 unspecified atom stereocenters. The zero-order chi connectivity index (χ0) is 13.8. The Balaban J connectivity index is 1.75. The summed E-state index contributed by atoms with van der Waals surface area (Å²) in [6.45, 7) is 1.31. The molecule has 4 nitrogen and oxygen atoms in total. The van der Waals surface area contributed by atoms with E-state index in [-0.39, 0.29) is 0 Å². The molecule has 0 radical (unpaired) electrons. The monoisotopic (exact) mass is 268 g/mol. The minimum atomic E-state index is 0.593. The van der Waals surface area contributed by atoms with E-state index in [9.17, 15) is 0 Å². The van der Waals surface area contributed by atoms with Crippen molar-refractivity contribution in [1.82, 2.24) is 9.97 Å². The number of hydrogen-bond donors (Lipinski definition) is 2. The van der Waals surface area contributed by atoms with Gasteiger partial charge in [0.1, 0.15) is 0 Å². The first-order valence-electron chi connectivity index (χ1n) is 7.20. The lowest BCUT2D eigenvalue weighted by Crippen LogP contribution is -2.18. The van der Waals surface area contributed by atoms with E-state index < -0.39 is 0 Å². The summed E-state index contributed by atoms with van der Waals surface area (Å²) >= 11 is 0. The third-order valence-electron chi connectivity index (χ3n) is 3.85. The number of aryl methyl sites for hydroxylation is 1. The molecular formula is C16H20N4. The number of nitrogens with two attached hydrogens (primary N) is 1. The molecule has 104 valence electrons. The predicted molar refractivity (Wildman–Crippen MR) is 80.8 cm³/mol. The van der Waals surface area contributed by atoms with Crippen molar-refractivity contribution in [3.05, 3.63) is 53.3 Å². The summed E-state index contributed by atoms with van der Waals surface area (Å²) in [5.74, 6) is 1.29. The van der Waals surface area contributed by atoms with Crippen LogP contribution in [-0.2, 0) is 12.8 Å². The van der Waals surface area contributed by atoms with Gasteiger partial charge in [0.25, 0.3) is 0 Å². The van der Waals surface area contributed by atoms with Crippen molar-refractivity contribution >= 4 is 5.95 Å². The van der Waals surface area contributed by atoms with Crippen LogP contribution in [0.15, 0.2) is 36.5 Å². The van der Waals surface area contributed by atoms with Crippen LogP contribution in [0.25, 0.3) is 0 Å². The Morgan fingerprint density at radius 3 is 2.90 bits per heavy atom. The molecule has 2 aromatic rings. The predicted octanol–water partition coefficient (Wildman–Crippen LogP) is 2.12. The molecular weight excluding hydrogens is 248 g/mol. The minimum Gasteiger partial charge on any atom is -0.353 e. The lowest BCUT2D eigenvalue weighted by molar-refractivity contribution is 0.571. The van der Waals surface area contributed by atoms with Crippen LogP contribution in [0.5, 0.6) is 0 Å². The van der Waals surface area contributed by atoms with Crippen molar-refractivity contribution in [2.75, 3.05) is 18.4 Å². The van der Waals surface area contributed by atoms with Gasteiger partial charge in [-0.2, -0.15) is 0 Å². The van der Waals surface area contributed by atoms with Gasteiger partial charge >= 0.3 is 0 Å². The van der Waals surface area contributed by atoms with Crippen LogP contribution in [-0.4, -0.2) is 23.1 Å². The lowest BCUT2D eigenvalue weighted by Gasteiger charge is -2.24. The highest BCUT2D eigenvalue weighted by Crippen LogP contribution is 2.31. The van der Waals surface area contributed by atoms with Gasteiger partial charge in [0.15, 0.2) is 0 Å². The summed E-state index contributed by atoms with van der Waals surface area (Å²) in [7, 11) is 0. The molecule has 3 rings (SSSR count). The molecule has 1 aromatic heterocycles. The molecule has 0 spiro atoms. The number of rotatable bonds is 4. The quantitative estimate of drug-likeness (QED) is 0.891. The molecule has 0 amide bonds. The summed E-state index contributed by atoms with van der Waals surface area (Å²) in [5.41, 5.74) is 9.37. The third kappa shape index (κ3) is 2.80. The second-order valence-electron chi connectivity index (χ2n) is 5.23. The van der Waals surface area contributed by atoms with Crippen molar-refractivity contribution in [1.29, 1.82) is 0 Å². The SMILES string of the molecule is NCCNc1ncc2c(n1)CCC(c1ccccc1)C2. The highest BCUT2D eigenvalue weighted by molar-refractivity contribution is 5.34. The summed E-state index contributed by atoms with van der Waals surface area (Å²) in [6.07, 6.45) is 5.19. The fourth-order valence-corrected chi connectivity index (χ4v) is 2.79. The number of fused-ring (bicyclic) bond motifs is 1. The molecule has 0 fully saturated rings. The number of nitrogens with one attached hydrogen (secondary N) is 1. The van der Waals surface area contributed by atoms with Gasteiger partial charge < -0.3 is 11.1 Å². The van der Waals surface area contributed by atoms with E-state index in [0.717, 1.165) is 19.3 Å². The van der Waals surface area contributed by atoms with Gasteiger partial charge in [-0.15, -0.1) is 0 Å². The first kappa shape index (κ1) is 13.1. The number of nitrogens with zero attached hydrogens (tertiary/aromatic N) is 2. The van der Waals surface area contributed by atoms with Crippen molar-refractivity contribution in [2.45, 2.75) is 25.2 Å². The van der Waals surface area contributed by atoms with Crippen LogP contribution in [0, 0.1) is 0 Å². The van der Waals surface area contributed by atoms with Gasteiger partial charge in [0, 0.05) is 25.0 Å². The number of benzene rings is 1. The molecule has 1 aliphatic carbocycles. The maximum atomic E-state index is 5.48. The van der Waals surface area contributed by atoms with E-state index in [0.29, 0.717) is 25.0 Å². The molecule has 1 atom stereocenters. The Labute approximate surface area is 119 Å². The van der Waals surface area contributed by atoms with Crippen LogP contribution < -0.4 is 11.1 Å². The molecule has 1 aliphatic rings. The van der Waals surface area contributed by atoms with Gasteiger partial charge in [-0.05, 0) is 36.3 Å². The van der Waals surface area contributed by atoms with E-state index in [1.54, 1.807) is 0 Å². The molecule has 1 aromatic carbocycles. The van der Waals surface area contributed by atoms with Gasteiger partial charge in [-0.1, -0.05) is 30.3 Å². The van der Waals surface area contributed by atoms with Crippen LogP contribution in [0.1, 0.15) is 29.2 Å². The summed E-state index contributed by atoms with van der Waals surface area (Å²) in [4.78, 5) is 8.98. The summed E-state index contributed by atoms with van der Waals surface area (Å²) in [5, 5.41) is 3.14. The van der Waals surface area contributed by atoms with Gasteiger partial charge in [0.05, 0.1) is 0 Å². The Kier molecular flexibility index (Phi) is 3.92. The van der Waals surface area contributed by atoms with Crippen LogP contribution >= 0.6 is 0 Å². The van der Waals surface area contributed by atoms with Gasteiger partial charge in [-0.25, -0.2) is 9.97 Å². The Bertz CT molecular complexity index is 568. The van der Waals surface area contributed by atoms with E-state index >= 15 is 0 Å². The smallest absolute Gasteiger partial charge is 0.222 e. The largest absolute Gasteiger partial charge is 0.353 e. The number of hydrogen-bond acceptors (Lipinski definition) is 4. The van der Waals surface area contributed by atoms with Crippen molar-refractivity contribution in [3.63, 3.8) is 0 Å². The first-order chi connectivity index (χ1) is 9.86. The van der Waals surface area contributed by atoms with E-state index in [4.69, 9.17) is 5.73 Å². The van der Waals surface area contributed by atoms with Crippen LogP contribution in [0.4, 0.5) is 5.95 Å². The second kappa shape index (κ2) is 6.01. The number of anilines is 1. The molecule has 4 heteroatoms. The highest BCUT2D eigenvalue weighted by atomic mass is 15.1. The standard InChI is InChI=1S/C16H20N4/c17-8-9-18-16-19-11-14-10-13(6-7-15(14)20-16)12-4-2-1-3-5-12/h1-5,11,13H,6-10,17H2,(H,18,19,20). The van der Waals surface area contributed by atoms with E-state index in [1.165, 1.54) is 16.8 Å². The Morgan fingerprint density at radius 2 is 2.10 bits per heavy atom. The fourth-order valence-electron chi connectivity index (χ4n) is 2.79. The van der Waals surface area contributed by atoms with E-state index in [1.807, 2.05) is 6.20 Å². The molecule has 3 N–H and O–H groups in total. The average molecular weight is 268 g/mol. The maximum Gasteiger partial charge on any atom is 0.222 e. The van der Waals surface area contributed by atoms with Crippen molar-refractivity contribution < 1.29 is 0 Å². The molecule has 0 saturated carbocycles. The molecule has 0 saturated heterocycles. The van der Waals surface area contributed by atoms with Crippen LogP contribution in [0.3, 0.4) is 0 Å². The molecule has 20 heavy (non-hydrogen) atoms. The average Bonchev–Trinajstić information content (AvgIpc) is 2.53. The maximum absolute atomic E-state index is 5.48. The van der Waals surface area contributed by atoms with E-state index in [2.05, 4.69) is 45.6 Å². The summed E-state index contributed by atoms with van der Waals surface area (Å²) < 4.78 is 0. The number of aromatic nitrogens is 2. The van der Waals surface area contributed by atoms with Crippen molar-refractivity contribution in [2.24, 2.45) is 5.73 Å². The third-order valence-corrected chi connectivity index (χ3v) is 3.85.